The van der Waals surface area contributed by atoms with Gasteiger partial charge in [-0.25, -0.2) is 0 Å². The summed E-state index contributed by atoms with van der Waals surface area (Å²) in [5.41, 5.74) is 11.0. The molecule has 1 heterocycles. The quantitative estimate of drug-likeness (QED) is 0.625. The second-order valence-corrected chi connectivity index (χ2v) is 37.4. The zero-order valence-corrected chi connectivity index (χ0v) is 21.1. The first-order valence-corrected chi connectivity index (χ1v) is 23.0. The molecule has 1 aliphatic heterocycles. The predicted molar refractivity (Wildman–Crippen MR) is 129 cm³/mol. The van der Waals surface area contributed by atoms with Crippen molar-refractivity contribution < 1.29 is 0 Å². The van der Waals surface area contributed by atoms with E-state index in [2.05, 4.69) is 123 Å². The van der Waals surface area contributed by atoms with Gasteiger partial charge in [0.2, 0.25) is 0 Å². The summed E-state index contributed by atoms with van der Waals surface area (Å²) in [4.78, 5) is 0. The van der Waals surface area contributed by atoms with Crippen LogP contribution in [0.3, 0.4) is 0 Å². The molecule has 1 aliphatic rings. The van der Waals surface area contributed by atoms with Gasteiger partial charge in [-0.1, -0.05) is 122 Å². The van der Waals surface area contributed by atoms with Gasteiger partial charge in [0.1, 0.15) is 15.2 Å². The molecule has 0 fully saturated rings. The Hall–Kier alpha value is -1.21. The molecule has 2 atom stereocenters. The van der Waals surface area contributed by atoms with Crippen LogP contribution in [0, 0.1) is 0 Å². The van der Waals surface area contributed by atoms with Crippen molar-refractivity contribution in [3.8, 4) is 0 Å². The molecule has 0 saturated heterocycles. The lowest BCUT2D eigenvalue weighted by molar-refractivity contribution is 1.70. The maximum absolute atomic E-state index is 2.76. The Morgan fingerprint density at radius 2 is 0.731 bits per heavy atom. The summed E-state index contributed by atoms with van der Waals surface area (Å²) in [7, 11) is -6.34. The summed E-state index contributed by atoms with van der Waals surface area (Å²) in [6, 6.07) is 22.8. The Balaban J connectivity index is 2.30. The average molecular weight is 409 g/mol. The molecule has 136 valence electrons. The van der Waals surface area contributed by atoms with Crippen LogP contribution < -0.4 is 10.4 Å². The van der Waals surface area contributed by atoms with Crippen molar-refractivity contribution in [3.05, 3.63) is 83.5 Å². The molecule has 4 heteroatoms. The van der Waals surface area contributed by atoms with E-state index in [0.29, 0.717) is 0 Å². The van der Waals surface area contributed by atoms with Gasteiger partial charge >= 0.3 is 0 Å². The maximum Gasteiger partial charge on any atom is 0.108 e. The molecular weight excluding hydrogens is 377 g/mol. The fourth-order valence-electron chi connectivity index (χ4n) is 3.89. The summed E-state index contributed by atoms with van der Waals surface area (Å²) in [6.45, 7) is 15.5. The van der Waals surface area contributed by atoms with Gasteiger partial charge in [0.25, 0.3) is 0 Å². The highest BCUT2D eigenvalue weighted by molar-refractivity contribution is 7.55. The van der Waals surface area contributed by atoms with Crippen molar-refractivity contribution >= 4 is 40.7 Å². The summed E-state index contributed by atoms with van der Waals surface area (Å²) in [6.07, 6.45) is 0. The van der Waals surface area contributed by atoms with Crippen LogP contribution in [0.2, 0.25) is 39.3 Å². The van der Waals surface area contributed by atoms with Crippen LogP contribution in [-0.4, -0.2) is 30.4 Å². The molecule has 0 N–H and O–H groups in total. The number of hydrogen-bond donors (Lipinski definition) is 0. The highest BCUT2D eigenvalue weighted by Gasteiger charge is 2.50. The normalized spacial score (nSPS) is 32.2. The monoisotopic (exact) mass is 408 g/mol. The second kappa shape index (κ2) is 6.75. The Morgan fingerprint density at radius 1 is 0.423 bits per heavy atom. The van der Waals surface area contributed by atoms with E-state index in [1.807, 2.05) is 0 Å². The van der Waals surface area contributed by atoms with Crippen LogP contribution in [-0.2, 0) is 0 Å². The highest BCUT2D eigenvalue weighted by atomic mass is 29.3. The summed E-state index contributed by atoms with van der Waals surface area (Å²) in [5, 5.41) is 3.18. The lowest BCUT2D eigenvalue weighted by atomic mass is 10.4. The van der Waals surface area contributed by atoms with Gasteiger partial charge < -0.3 is 0 Å². The highest BCUT2D eigenvalue weighted by Crippen LogP contribution is 2.30. The molecule has 2 unspecified atom stereocenters. The molecule has 2 aromatic carbocycles. The predicted octanol–water partition coefficient (Wildman–Crippen LogP) is 4.81. The van der Waals surface area contributed by atoms with E-state index in [1.165, 1.54) is 0 Å². The Labute approximate surface area is 163 Å². The van der Waals surface area contributed by atoms with E-state index in [1.54, 1.807) is 10.4 Å². The third-order valence-electron chi connectivity index (χ3n) is 7.15. The largest absolute Gasteiger partial charge is 0.108 e. The smallest absolute Gasteiger partial charge is 0.104 e. The fourth-order valence-corrected chi connectivity index (χ4v) is 27.0. The Morgan fingerprint density at radius 3 is 1.04 bits per heavy atom. The Bertz CT molecular complexity index is 752. The van der Waals surface area contributed by atoms with E-state index in [4.69, 9.17) is 0 Å². The van der Waals surface area contributed by atoms with E-state index in [0.717, 1.165) is 0 Å². The zero-order chi connectivity index (χ0) is 19.1. The molecule has 0 radical (unpaired) electrons. The molecule has 0 saturated carbocycles. The number of benzene rings is 2. The van der Waals surface area contributed by atoms with Crippen molar-refractivity contribution in [2.24, 2.45) is 0 Å². The number of hydrogen-bond acceptors (Lipinski definition) is 0. The third kappa shape index (κ3) is 3.13. The van der Waals surface area contributed by atoms with Gasteiger partial charge in [-0.2, -0.15) is 0 Å². The molecule has 2 aromatic rings. The molecule has 26 heavy (non-hydrogen) atoms. The standard InChI is InChI=1S/C22H32Si4/c1-23(2)17-19-25(5,21-13-9-7-10-14-21)26(6,20-18-24(23,3)4)22-15-11-8-12-16-22/h7-20H,1-6H3/b19-17-,20-18-. The van der Waals surface area contributed by atoms with Crippen LogP contribution in [0.1, 0.15) is 0 Å². The topological polar surface area (TPSA) is 0 Å². The van der Waals surface area contributed by atoms with Gasteiger partial charge in [0, 0.05) is 0 Å². The van der Waals surface area contributed by atoms with Crippen molar-refractivity contribution in [1.82, 2.24) is 0 Å². The molecule has 0 aromatic heterocycles. The first-order chi connectivity index (χ1) is 12.1. The first-order valence-electron chi connectivity index (χ1n) is 9.64. The summed E-state index contributed by atoms with van der Waals surface area (Å²) < 4.78 is 0. The minimum atomic E-state index is -1.81. The molecule has 0 aliphatic carbocycles. The van der Waals surface area contributed by atoms with Gasteiger partial charge in [-0.05, 0) is 0 Å². The fraction of sp³-hybridized carbons (Fsp3) is 0.273. The molecule has 0 bridgehead atoms. The molecule has 3 rings (SSSR count). The molecular formula is C22H32Si4. The van der Waals surface area contributed by atoms with Crippen molar-refractivity contribution in [3.63, 3.8) is 0 Å². The summed E-state index contributed by atoms with van der Waals surface area (Å²) >= 11 is 0. The van der Waals surface area contributed by atoms with Crippen molar-refractivity contribution in [1.29, 1.82) is 0 Å². The SMILES string of the molecule is C[Si]1(C)/C=C\[Si](C)(c2ccccc2)[Si](C)(c2ccccc2)/C=C\[Si]1(C)C. The third-order valence-corrected chi connectivity index (χ3v) is 40.2. The lowest BCUT2D eigenvalue weighted by Gasteiger charge is -2.45. The molecule has 0 nitrogen and oxygen atoms in total. The van der Waals surface area contributed by atoms with Gasteiger partial charge in [0.15, 0.2) is 0 Å². The van der Waals surface area contributed by atoms with Crippen molar-refractivity contribution in [2.75, 3.05) is 0 Å². The Kier molecular flexibility index (Phi) is 5.07. The number of rotatable bonds is 2. The zero-order valence-electron chi connectivity index (χ0n) is 17.1. The van der Waals surface area contributed by atoms with Crippen LogP contribution in [0.5, 0.6) is 0 Å². The van der Waals surface area contributed by atoms with Crippen LogP contribution in [0.25, 0.3) is 0 Å². The minimum Gasteiger partial charge on any atom is -0.104 e. The van der Waals surface area contributed by atoms with Crippen LogP contribution in [0.15, 0.2) is 83.5 Å². The second-order valence-electron chi connectivity index (χ2n) is 9.25. The van der Waals surface area contributed by atoms with Crippen LogP contribution in [0.4, 0.5) is 0 Å². The average Bonchev–Trinajstić information content (AvgIpc) is 2.65. The maximum atomic E-state index is 2.76. The van der Waals surface area contributed by atoms with Crippen molar-refractivity contribution in [2.45, 2.75) is 39.3 Å². The van der Waals surface area contributed by atoms with Crippen LogP contribution >= 0.6 is 0 Å². The minimum absolute atomic E-state index is 1.36. The van der Waals surface area contributed by atoms with E-state index >= 15 is 0 Å². The lowest BCUT2D eigenvalue weighted by Crippen LogP contribution is -2.72. The van der Waals surface area contributed by atoms with Gasteiger partial charge in [-0.3, -0.25) is 0 Å². The first kappa shape index (κ1) is 19.5. The van der Waals surface area contributed by atoms with Gasteiger partial charge in [-0.15, -0.1) is 11.4 Å². The molecule has 0 spiro atoms. The van der Waals surface area contributed by atoms with Gasteiger partial charge in [0.05, 0.1) is 15.2 Å². The molecule has 0 amide bonds. The van der Waals surface area contributed by atoms with E-state index < -0.39 is 30.4 Å². The van der Waals surface area contributed by atoms with E-state index in [-0.39, 0.29) is 0 Å². The van der Waals surface area contributed by atoms with E-state index in [9.17, 15) is 0 Å². The summed E-state index contributed by atoms with van der Waals surface area (Å²) in [5.74, 6) is 0.